The van der Waals surface area contributed by atoms with Gasteiger partial charge >= 0.3 is 29.8 Å². The molecule has 0 aromatic heterocycles. The summed E-state index contributed by atoms with van der Waals surface area (Å²) in [6.45, 7) is 4.65. The van der Waals surface area contributed by atoms with Crippen LogP contribution < -0.4 is 0 Å². The Hall–Kier alpha value is -4.80. The van der Waals surface area contributed by atoms with Crippen LogP contribution in [0.5, 0.6) is 0 Å². The molecular weight excluding hydrogens is 736 g/mol. The summed E-state index contributed by atoms with van der Waals surface area (Å²) < 4.78 is 53.8. The first-order valence-corrected chi connectivity index (χ1v) is 18.6. The van der Waals surface area contributed by atoms with Crippen LogP contribution in [-0.4, -0.2) is 96.7 Å². The van der Waals surface area contributed by atoms with Gasteiger partial charge in [0.05, 0.1) is 25.4 Å². The van der Waals surface area contributed by atoms with Crippen LogP contribution in [0.4, 0.5) is 0 Å². The number of carbonyl (C=O) groups is 5. The van der Waals surface area contributed by atoms with Gasteiger partial charge in [-0.1, -0.05) is 90.6 Å². The Morgan fingerprint density at radius 2 is 1.00 bits per heavy atom. The van der Waals surface area contributed by atoms with E-state index in [1.807, 2.05) is 60.7 Å². The summed E-state index contributed by atoms with van der Waals surface area (Å²) in [7, 11) is 0. The first-order chi connectivity index (χ1) is 26.5. The lowest BCUT2D eigenvalue weighted by atomic mass is 9.99. The fraction of sp³-hybridized carbons (Fsp3) is 0.425. The van der Waals surface area contributed by atoms with Crippen molar-refractivity contribution >= 4 is 41.6 Å². The molecule has 0 spiro atoms. The Labute approximate surface area is 323 Å². The number of hydrogen-bond donors (Lipinski definition) is 0. The fourth-order valence-electron chi connectivity index (χ4n) is 6.09. The number of ether oxygens (including phenoxy) is 9. The standard InChI is InChI=1S/C40H44O14S/c1-24(41)47-23-32-34(49-25(2)42)35(50-26(3)43)37(51-27(4)44)40(53-32)55-39-36(54-38(45)30-18-12-7-13-19-30)33(48-21-29-16-10-6-11-17-29)31(52-39)22-46-20-28-14-8-5-9-15-28/h5-19,31-37,39-40H,20-23H2,1-4H3/t31-,32-,33-,34-,35+,36-,37+,39+,40-/m1/s1. The lowest BCUT2D eigenvalue weighted by Gasteiger charge is -2.44. The summed E-state index contributed by atoms with van der Waals surface area (Å²) in [4.78, 5) is 62.8. The van der Waals surface area contributed by atoms with Gasteiger partial charge in [0, 0.05) is 27.7 Å². The quantitative estimate of drug-likeness (QED) is 0.147. The monoisotopic (exact) mass is 780 g/mol. The summed E-state index contributed by atoms with van der Waals surface area (Å²) in [5.41, 5.74) is -0.209. The maximum absolute atomic E-state index is 13.7. The van der Waals surface area contributed by atoms with Crippen molar-refractivity contribution in [3.63, 3.8) is 0 Å². The zero-order valence-electron chi connectivity index (χ0n) is 30.8. The van der Waals surface area contributed by atoms with Gasteiger partial charge in [0.25, 0.3) is 0 Å². The van der Waals surface area contributed by atoms with E-state index in [2.05, 4.69) is 0 Å². The maximum atomic E-state index is 13.7. The highest BCUT2D eigenvalue weighted by Crippen LogP contribution is 2.42. The highest BCUT2D eigenvalue weighted by Gasteiger charge is 2.56. The van der Waals surface area contributed by atoms with Crippen molar-refractivity contribution < 1.29 is 66.6 Å². The number of hydrogen-bond acceptors (Lipinski definition) is 15. The molecule has 55 heavy (non-hydrogen) atoms. The molecule has 2 saturated heterocycles. The van der Waals surface area contributed by atoms with E-state index in [4.69, 9.17) is 42.6 Å². The van der Waals surface area contributed by atoms with Gasteiger partial charge < -0.3 is 42.6 Å². The minimum atomic E-state index is -1.40. The average Bonchev–Trinajstić information content (AvgIpc) is 3.47. The number of carbonyl (C=O) groups excluding carboxylic acids is 5. The van der Waals surface area contributed by atoms with Gasteiger partial charge in [-0.15, -0.1) is 0 Å². The van der Waals surface area contributed by atoms with E-state index in [0.717, 1.165) is 43.7 Å². The number of rotatable bonds is 16. The summed E-state index contributed by atoms with van der Waals surface area (Å²) in [6, 6.07) is 27.4. The second-order valence-corrected chi connectivity index (χ2v) is 13.9. The number of benzene rings is 3. The Morgan fingerprint density at radius 1 is 0.527 bits per heavy atom. The predicted octanol–water partition coefficient (Wildman–Crippen LogP) is 4.56. The molecule has 0 amide bonds. The summed E-state index contributed by atoms with van der Waals surface area (Å²) in [6.07, 6.45) is -8.09. The molecule has 2 heterocycles. The first-order valence-electron chi connectivity index (χ1n) is 17.6. The SMILES string of the molecule is CC(=O)OC[C@H]1O[C@H](S[C@@H]2O[C@H](COCc3ccccc3)[C@@H](OCc3ccccc3)[C@H]2OC(=O)c2ccccc2)[C@@H](OC(C)=O)[C@@H](OC(C)=O)[C@@H]1OC(C)=O. The van der Waals surface area contributed by atoms with Gasteiger partial charge in [-0.05, 0) is 23.3 Å². The van der Waals surface area contributed by atoms with Crippen molar-refractivity contribution in [2.24, 2.45) is 0 Å². The van der Waals surface area contributed by atoms with Gasteiger partial charge in [0.2, 0.25) is 0 Å². The number of thioether (sulfide) groups is 1. The second-order valence-electron chi connectivity index (χ2n) is 12.7. The zero-order valence-corrected chi connectivity index (χ0v) is 31.6. The van der Waals surface area contributed by atoms with Crippen LogP contribution in [0, 0.1) is 0 Å². The van der Waals surface area contributed by atoms with Gasteiger partial charge in [-0.3, -0.25) is 19.2 Å². The minimum absolute atomic E-state index is 0.0311. The molecule has 0 N–H and O–H groups in total. The normalized spacial score (nSPS) is 26.0. The summed E-state index contributed by atoms with van der Waals surface area (Å²) in [5.74, 6) is -3.58. The van der Waals surface area contributed by atoms with E-state index < -0.39 is 90.1 Å². The summed E-state index contributed by atoms with van der Waals surface area (Å²) >= 11 is 0.966. The third-order valence-corrected chi connectivity index (χ3v) is 9.71. The van der Waals surface area contributed by atoms with Gasteiger partial charge in [0.1, 0.15) is 35.8 Å². The van der Waals surface area contributed by atoms with Gasteiger partial charge in [-0.25, -0.2) is 4.79 Å². The van der Waals surface area contributed by atoms with Crippen LogP contribution in [0.2, 0.25) is 0 Å². The van der Waals surface area contributed by atoms with Gasteiger partial charge in [-0.2, -0.15) is 0 Å². The Balaban J connectivity index is 1.50. The lowest BCUT2D eigenvalue weighted by Crippen LogP contribution is -2.62. The topological polar surface area (TPSA) is 168 Å². The predicted molar refractivity (Wildman–Crippen MR) is 195 cm³/mol. The molecule has 2 aliphatic rings. The van der Waals surface area contributed by atoms with Crippen LogP contribution in [0.1, 0.15) is 49.2 Å². The average molecular weight is 781 g/mol. The van der Waals surface area contributed by atoms with E-state index in [1.165, 1.54) is 6.92 Å². The lowest BCUT2D eigenvalue weighted by molar-refractivity contribution is -0.237. The molecule has 5 rings (SSSR count). The smallest absolute Gasteiger partial charge is 0.338 e. The largest absolute Gasteiger partial charge is 0.463 e. The zero-order chi connectivity index (χ0) is 39.3. The van der Waals surface area contributed by atoms with E-state index in [-0.39, 0.29) is 25.4 Å². The van der Waals surface area contributed by atoms with E-state index in [0.29, 0.717) is 0 Å². The second kappa shape index (κ2) is 20.2. The van der Waals surface area contributed by atoms with Crippen LogP contribution in [0.25, 0.3) is 0 Å². The third kappa shape index (κ3) is 12.1. The molecule has 0 radical (unpaired) electrons. The molecule has 0 aliphatic carbocycles. The molecule has 3 aromatic rings. The van der Waals surface area contributed by atoms with Crippen molar-refractivity contribution in [1.29, 1.82) is 0 Å². The Kier molecular flexibility index (Phi) is 15.2. The Bertz CT molecular complexity index is 1730. The molecule has 15 heteroatoms. The van der Waals surface area contributed by atoms with Crippen molar-refractivity contribution in [3.8, 4) is 0 Å². The first kappa shape index (κ1) is 41.4. The molecule has 14 nitrogen and oxygen atoms in total. The molecule has 9 atom stereocenters. The van der Waals surface area contributed by atoms with Crippen LogP contribution in [0.15, 0.2) is 91.0 Å². The fourth-order valence-corrected chi connectivity index (χ4v) is 7.50. The Morgan fingerprint density at radius 3 is 1.55 bits per heavy atom. The maximum Gasteiger partial charge on any atom is 0.338 e. The van der Waals surface area contributed by atoms with Crippen molar-refractivity contribution in [3.05, 3.63) is 108 Å². The van der Waals surface area contributed by atoms with Crippen LogP contribution >= 0.6 is 11.8 Å². The van der Waals surface area contributed by atoms with Crippen molar-refractivity contribution in [2.75, 3.05) is 13.2 Å². The third-order valence-electron chi connectivity index (χ3n) is 8.42. The molecule has 2 fully saturated rings. The molecule has 294 valence electrons. The highest BCUT2D eigenvalue weighted by atomic mass is 32.2. The van der Waals surface area contributed by atoms with Crippen LogP contribution in [0.3, 0.4) is 0 Å². The van der Waals surface area contributed by atoms with Crippen molar-refractivity contribution in [2.45, 2.75) is 94.5 Å². The highest BCUT2D eigenvalue weighted by molar-refractivity contribution is 8.00. The van der Waals surface area contributed by atoms with Gasteiger partial charge in [0.15, 0.2) is 24.4 Å². The van der Waals surface area contributed by atoms with E-state index >= 15 is 0 Å². The molecule has 2 aliphatic heterocycles. The summed E-state index contributed by atoms with van der Waals surface area (Å²) in [5, 5.41) is 0. The molecule has 0 saturated carbocycles. The molecule has 0 unspecified atom stereocenters. The van der Waals surface area contributed by atoms with Crippen LogP contribution in [-0.2, 0) is 75.0 Å². The number of esters is 5. The minimum Gasteiger partial charge on any atom is -0.463 e. The van der Waals surface area contributed by atoms with Crippen molar-refractivity contribution in [1.82, 2.24) is 0 Å². The van der Waals surface area contributed by atoms with E-state index in [9.17, 15) is 24.0 Å². The molecular formula is C40H44O14S. The molecule has 0 bridgehead atoms. The van der Waals surface area contributed by atoms with E-state index in [1.54, 1.807) is 30.3 Å². The molecule has 3 aromatic carbocycles.